The summed E-state index contributed by atoms with van der Waals surface area (Å²) in [6.45, 7) is 6.95. The molecular weight excluding hydrogens is 215 g/mol. The molecular formula is C6H10B2O2Y. The Balaban J connectivity index is -0.000000107. The van der Waals surface area contributed by atoms with Gasteiger partial charge in [0.2, 0.25) is 0 Å². The Morgan fingerprint density at radius 3 is 1.27 bits per heavy atom. The van der Waals surface area contributed by atoms with E-state index >= 15 is 0 Å². The van der Waals surface area contributed by atoms with E-state index < -0.39 is 0 Å². The Morgan fingerprint density at radius 2 is 1.27 bits per heavy atom. The molecule has 0 aliphatic carbocycles. The largest absolute Gasteiger partial charge is 0.512 e. The molecule has 5 radical (unpaired) electrons. The Labute approximate surface area is 96.1 Å². The summed E-state index contributed by atoms with van der Waals surface area (Å²) in [6.07, 6.45) is 2.61. The van der Waals surface area contributed by atoms with Gasteiger partial charge >= 0.3 is 0 Å². The second kappa shape index (κ2) is 22.4. The van der Waals surface area contributed by atoms with Gasteiger partial charge in [-0.2, -0.15) is 0 Å². The van der Waals surface area contributed by atoms with Gasteiger partial charge in [0.25, 0.3) is 0 Å². The van der Waals surface area contributed by atoms with Gasteiger partial charge in [-0.3, -0.25) is 0 Å². The van der Waals surface area contributed by atoms with Crippen LogP contribution in [0.2, 0.25) is 0 Å². The fraction of sp³-hybridized carbons (Fsp3) is 0.333. The van der Waals surface area contributed by atoms with Crippen molar-refractivity contribution in [1.82, 2.24) is 0 Å². The third-order valence-corrected chi connectivity index (χ3v) is 0.428. The molecule has 2 nitrogen and oxygen atoms in total. The standard InChI is InChI=1S/2C3H5BO.Y/c2*1-2-5-3-4;/h2*2H,1,3H2;. The topological polar surface area (TPSA) is 18.5 Å². The minimum Gasteiger partial charge on any atom is -0.512 e. The van der Waals surface area contributed by atoms with E-state index in [2.05, 4.69) is 22.6 Å². The van der Waals surface area contributed by atoms with E-state index in [1.165, 1.54) is 12.5 Å². The zero-order valence-electron chi connectivity index (χ0n) is 6.53. The van der Waals surface area contributed by atoms with Crippen LogP contribution < -0.4 is 0 Å². The minimum atomic E-state index is 0. The normalized spacial score (nSPS) is 5.82. The van der Waals surface area contributed by atoms with Crippen LogP contribution in [0.1, 0.15) is 0 Å². The van der Waals surface area contributed by atoms with Crippen LogP contribution in [0.25, 0.3) is 0 Å². The van der Waals surface area contributed by atoms with E-state index in [1.54, 1.807) is 0 Å². The second-order valence-electron chi connectivity index (χ2n) is 1.00. The van der Waals surface area contributed by atoms with E-state index in [9.17, 15) is 0 Å². The predicted octanol–water partition coefficient (Wildman–Crippen LogP) is 0.542. The Kier molecular flexibility index (Phi) is 35.5. The molecule has 5 heteroatoms. The molecule has 0 heterocycles. The van der Waals surface area contributed by atoms with Crippen LogP contribution in [0.3, 0.4) is 0 Å². The van der Waals surface area contributed by atoms with Gasteiger partial charge in [0.15, 0.2) is 0 Å². The summed E-state index contributed by atoms with van der Waals surface area (Å²) >= 11 is 0. The van der Waals surface area contributed by atoms with Crippen LogP contribution in [0.15, 0.2) is 25.7 Å². The third kappa shape index (κ3) is 38.3. The molecule has 0 unspecified atom stereocenters. The molecule has 0 aliphatic heterocycles. The van der Waals surface area contributed by atoms with Crippen molar-refractivity contribution in [2.45, 2.75) is 0 Å². The number of hydrogen-bond donors (Lipinski definition) is 0. The van der Waals surface area contributed by atoms with Crippen molar-refractivity contribution in [2.24, 2.45) is 0 Å². The second-order valence-corrected chi connectivity index (χ2v) is 1.00. The molecule has 0 bridgehead atoms. The first-order valence-electron chi connectivity index (χ1n) is 2.68. The van der Waals surface area contributed by atoms with E-state index in [0.29, 0.717) is 0 Å². The van der Waals surface area contributed by atoms with Crippen molar-refractivity contribution in [3.05, 3.63) is 25.7 Å². The average molecular weight is 225 g/mol. The summed E-state index contributed by atoms with van der Waals surface area (Å²) in [4.78, 5) is 0. The summed E-state index contributed by atoms with van der Waals surface area (Å²) in [6, 6.07) is 0. The molecule has 0 amide bonds. The van der Waals surface area contributed by atoms with E-state index in [4.69, 9.17) is 15.7 Å². The van der Waals surface area contributed by atoms with Crippen molar-refractivity contribution in [3.8, 4) is 0 Å². The van der Waals surface area contributed by atoms with E-state index in [-0.39, 0.29) is 45.7 Å². The van der Waals surface area contributed by atoms with Gasteiger partial charge in [0.1, 0.15) is 15.7 Å². The average Bonchev–Trinajstić information content (AvgIpc) is 1.93. The fourth-order valence-corrected chi connectivity index (χ4v) is 0.136. The van der Waals surface area contributed by atoms with Crippen molar-refractivity contribution >= 4 is 15.7 Å². The van der Waals surface area contributed by atoms with Crippen molar-refractivity contribution in [1.29, 1.82) is 0 Å². The Bertz CT molecular complexity index is 71.0. The molecule has 0 fully saturated rings. The molecule has 0 spiro atoms. The number of ether oxygens (including phenoxy) is 2. The summed E-state index contributed by atoms with van der Waals surface area (Å²) in [7, 11) is 9.69. The van der Waals surface area contributed by atoms with Gasteiger partial charge in [-0.25, -0.2) is 0 Å². The van der Waals surface area contributed by atoms with Gasteiger partial charge in [-0.05, 0) is 0 Å². The Morgan fingerprint density at radius 1 is 1.00 bits per heavy atom. The summed E-state index contributed by atoms with van der Waals surface area (Å²) < 4.78 is 8.75. The summed E-state index contributed by atoms with van der Waals surface area (Å²) in [5.41, 5.74) is 0. The van der Waals surface area contributed by atoms with Gasteiger partial charge in [-0.15, -0.1) is 0 Å². The molecule has 11 heavy (non-hydrogen) atoms. The van der Waals surface area contributed by atoms with Crippen LogP contribution in [0.5, 0.6) is 0 Å². The quantitative estimate of drug-likeness (QED) is 0.513. The van der Waals surface area contributed by atoms with Gasteiger partial charge in [0.05, 0.1) is 12.5 Å². The summed E-state index contributed by atoms with van der Waals surface area (Å²) in [5, 5.41) is 0. The maximum Gasteiger partial charge on any atom is 0.121 e. The monoisotopic (exact) mass is 225 g/mol. The van der Waals surface area contributed by atoms with Crippen LogP contribution >= 0.6 is 0 Å². The van der Waals surface area contributed by atoms with E-state index in [0.717, 1.165) is 0 Å². The number of rotatable bonds is 4. The zero-order chi connectivity index (χ0) is 8.24. The predicted molar refractivity (Wildman–Crippen MR) is 43.8 cm³/mol. The maximum absolute atomic E-state index is 4.85. The van der Waals surface area contributed by atoms with Crippen molar-refractivity contribution in [3.63, 3.8) is 0 Å². The van der Waals surface area contributed by atoms with Crippen molar-refractivity contribution in [2.75, 3.05) is 13.0 Å². The molecule has 0 aromatic rings. The molecule has 0 atom stereocenters. The van der Waals surface area contributed by atoms with Crippen molar-refractivity contribution < 1.29 is 42.2 Å². The smallest absolute Gasteiger partial charge is 0.121 e. The van der Waals surface area contributed by atoms with Crippen LogP contribution in [-0.2, 0) is 42.2 Å². The van der Waals surface area contributed by atoms with E-state index in [1.807, 2.05) is 0 Å². The molecule has 0 saturated heterocycles. The molecule has 0 saturated carbocycles. The van der Waals surface area contributed by atoms with Gasteiger partial charge in [0, 0.05) is 45.7 Å². The first-order chi connectivity index (χ1) is 4.83. The third-order valence-electron chi connectivity index (χ3n) is 0.428. The Hall–Kier alpha value is 0.314. The molecule has 0 rings (SSSR count). The van der Waals surface area contributed by atoms with Gasteiger partial charge in [-0.1, -0.05) is 13.2 Å². The molecule has 55 valence electrons. The van der Waals surface area contributed by atoms with Crippen LogP contribution in [0.4, 0.5) is 0 Å². The van der Waals surface area contributed by atoms with Crippen LogP contribution in [-0.4, -0.2) is 28.7 Å². The molecule has 0 aliphatic rings. The molecule has 0 aromatic heterocycles. The first kappa shape index (κ1) is 17.4. The molecule has 0 N–H and O–H groups in total. The SMILES string of the molecule is [B]COC=C.[B]COC=C.[Y]. The molecule has 0 aromatic carbocycles. The minimum absolute atomic E-state index is 0. The van der Waals surface area contributed by atoms with Crippen LogP contribution in [0, 0.1) is 0 Å². The first-order valence-corrected chi connectivity index (χ1v) is 2.68. The fourth-order valence-electron chi connectivity index (χ4n) is 0.136. The number of hydrogen-bond acceptors (Lipinski definition) is 2. The maximum atomic E-state index is 4.85. The summed E-state index contributed by atoms with van der Waals surface area (Å²) in [5.74, 6) is 0. The van der Waals surface area contributed by atoms with Gasteiger partial charge < -0.3 is 9.47 Å². The zero-order valence-corrected chi connectivity index (χ0v) is 9.37.